The highest BCUT2D eigenvalue weighted by molar-refractivity contribution is 9.09. The fourth-order valence-electron chi connectivity index (χ4n) is 3.73. The highest BCUT2D eigenvalue weighted by Crippen LogP contribution is 2.45. The maximum Gasteiger partial charge on any atom is 0.306 e. The van der Waals surface area contributed by atoms with Crippen molar-refractivity contribution in [1.82, 2.24) is 5.32 Å². The van der Waals surface area contributed by atoms with Gasteiger partial charge in [0.1, 0.15) is 12.2 Å². The lowest BCUT2D eigenvalue weighted by molar-refractivity contribution is -0.385. The van der Waals surface area contributed by atoms with E-state index >= 15 is 0 Å². The van der Waals surface area contributed by atoms with Crippen LogP contribution in [0.5, 0.6) is 0 Å². The summed E-state index contributed by atoms with van der Waals surface area (Å²) in [6, 6.07) is 6.27. The second-order valence-electron chi connectivity index (χ2n) is 8.31. The summed E-state index contributed by atoms with van der Waals surface area (Å²) < 4.78 is 11.2. The Morgan fingerprint density at radius 3 is 2.55 bits per heavy atom. The first-order valence-electron chi connectivity index (χ1n) is 11.9. The van der Waals surface area contributed by atoms with Crippen LogP contribution >= 0.6 is 15.9 Å². The second-order valence-corrected chi connectivity index (χ2v) is 9.10. The predicted octanol–water partition coefficient (Wildman–Crippen LogP) is 5.38. The molecule has 8 nitrogen and oxygen atoms in total. The van der Waals surface area contributed by atoms with E-state index in [4.69, 9.17) is 9.47 Å². The molecule has 1 aliphatic heterocycles. The average Bonchev–Trinajstić information content (AvgIpc) is 3.60. The zero-order chi connectivity index (χ0) is 24.1. The number of carbonyl (C=O) groups is 2. The van der Waals surface area contributed by atoms with Gasteiger partial charge >= 0.3 is 5.97 Å². The molecule has 1 aliphatic rings. The number of nitro groups is 1. The Bertz CT molecular complexity index is 775. The molecule has 0 bridgehead atoms. The third-order valence-electron chi connectivity index (χ3n) is 5.62. The summed E-state index contributed by atoms with van der Waals surface area (Å²) in [5, 5.41) is 15.1. The Morgan fingerprint density at radius 2 is 1.82 bits per heavy atom. The third kappa shape index (κ3) is 9.41. The quantitative estimate of drug-likeness (QED) is 0.0728. The molecule has 0 saturated carbocycles. The number of nitrogens with zero attached hydrogens (tertiary/aromatic N) is 1. The van der Waals surface area contributed by atoms with Crippen LogP contribution in [0.15, 0.2) is 24.3 Å². The van der Waals surface area contributed by atoms with Crippen molar-refractivity contribution in [3.05, 3.63) is 39.9 Å². The number of benzene rings is 1. The van der Waals surface area contributed by atoms with E-state index in [9.17, 15) is 19.7 Å². The number of epoxide rings is 1. The molecule has 1 saturated heterocycles. The average molecular weight is 527 g/mol. The molecule has 1 N–H and O–H groups in total. The fourth-order valence-corrected chi connectivity index (χ4v) is 4.12. The van der Waals surface area contributed by atoms with Gasteiger partial charge in [-0.1, -0.05) is 73.5 Å². The van der Waals surface area contributed by atoms with Gasteiger partial charge in [0, 0.05) is 24.4 Å². The molecule has 1 heterocycles. The third-order valence-corrected chi connectivity index (χ3v) is 6.19. The first-order valence-corrected chi connectivity index (χ1v) is 13.0. The minimum atomic E-state index is -1.13. The molecule has 0 radical (unpaired) electrons. The molecule has 184 valence electrons. The van der Waals surface area contributed by atoms with Gasteiger partial charge in [0.2, 0.25) is 6.10 Å². The van der Waals surface area contributed by atoms with Crippen LogP contribution in [0.4, 0.5) is 5.69 Å². The SMILES string of the molecule is CCCCCCCCNC(=O)C(OC(=O)CCCCCBr)[C@H]1O[C@@H]1c1ccccc1[N+](=O)[O-]. The molecule has 0 spiro atoms. The van der Waals surface area contributed by atoms with Crippen molar-refractivity contribution in [2.24, 2.45) is 0 Å². The standard InChI is InChI=1S/C24H35BrN2O6/c1-2-3-4-5-6-12-17-26-24(29)23(32-20(28)15-8-7-11-16-25)22-21(33-22)18-13-9-10-14-19(18)27(30)31/h9-10,13-14,21-23H,2-8,11-12,15-17H2,1H3,(H,26,29)/t21-,22+,23?/m1/s1. The number of rotatable bonds is 17. The van der Waals surface area contributed by atoms with Crippen LogP contribution in [-0.2, 0) is 19.1 Å². The summed E-state index contributed by atoms with van der Waals surface area (Å²) in [5.74, 6) is -0.871. The number of para-hydroxylation sites is 1. The number of carbonyl (C=O) groups excluding carboxylic acids is 2. The van der Waals surface area contributed by atoms with Crippen molar-refractivity contribution >= 4 is 33.5 Å². The topological polar surface area (TPSA) is 111 Å². The van der Waals surface area contributed by atoms with E-state index in [1.54, 1.807) is 18.2 Å². The molecule has 9 heteroatoms. The first kappa shape index (κ1) is 27.2. The first-order chi connectivity index (χ1) is 16.0. The number of unbranched alkanes of at least 4 members (excludes halogenated alkanes) is 7. The van der Waals surface area contributed by atoms with E-state index in [2.05, 4.69) is 28.2 Å². The lowest BCUT2D eigenvalue weighted by atomic mass is 10.0. The highest BCUT2D eigenvalue weighted by atomic mass is 79.9. The molecule has 3 atom stereocenters. The van der Waals surface area contributed by atoms with Crippen molar-refractivity contribution in [2.45, 2.75) is 89.4 Å². The smallest absolute Gasteiger partial charge is 0.306 e. The van der Waals surface area contributed by atoms with Gasteiger partial charge in [-0.25, -0.2) is 0 Å². The summed E-state index contributed by atoms with van der Waals surface area (Å²) in [4.78, 5) is 36.1. The number of halogens is 1. The van der Waals surface area contributed by atoms with Crippen molar-refractivity contribution in [3.63, 3.8) is 0 Å². The van der Waals surface area contributed by atoms with Gasteiger partial charge in [-0.2, -0.15) is 0 Å². The minimum Gasteiger partial charge on any atom is -0.449 e. The monoisotopic (exact) mass is 526 g/mol. The molecule has 2 rings (SSSR count). The van der Waals surface area contributed by atoms with E-state index < -0.39 is 35.1 Å². The maximum absolute atomic E-state index is 12.9. The molecular formula is C24H35BrN2O6. The number of ether oxygens (including phenoxy) is 2. The Labute approximate surface area is 204 Å². The van der Waals surface area contributed by atoms with Gasteiger partial charge in [0.25, 0.3) is 11.6 Å². The van der Waals surface area contributed by atoms with Crippen LogP contribution in [0.2, 0.25) is 0 Å². The maximum atomic E-state index is 12.9. The van der Waals surface area contributed by atoms with E-state index in [-0.39, 0.29) is 12.1 Å². The predicted molar refractivity (Wildman–Crippen MR) is 129 cm³/mol. The number of hydrogen-bond acceptors (Lipinski definition) is 6. The van der Waals surface area contributed by atoms with Gasteiger partial charge < -0.3 is 14.8 Å². The zero-order valence-corrected chi connectivity index (χ0v) is 20.9. The summed E-state index contributed by atoms with van der Waals surface area (Å²) >= 11 is 3.36. The summed E-state index contributed by atoms with van der Waals surface area (Å²) in [6.07, 6.45) is 6.81. The van der Waals surface area contributed by atoms with Crippen LogP contribution in [0.3, 0.4) is 0 Å². The number of amides is 1. The van der Waals surface area contributed by atoms with Crippen LogP contribution < -0.4 is 5.32 Å². The van der Waals surface area contributed by atoms with Crippen LogP contribution in [0.25, 0.3) is 0 Å². The molecule has 1 aromatic carbocycles. The van der Waals surface area contributed by atoms with E-state index in [0.29, 0.717) is 18.5 Å². The lowest BCUT2D eigenvalue weighted by Gasteiger charge is -2.16. The Hall–Kier alpha value is -2.00. The summed E-state index contributed by atoms with van der Waals surface area (Å²) in [7, 11) is 0. The van der Waals surface area contributed by atoms with Crippen molar-refractivity contribution in [3.8, 4) is 0 Å². The number of esters is 1. The van der Waals surface area contributed by atoms with Gasteiger partial charge in [-0.05, 0) is 25.3 Å². The van der Waals surface area contributed by atoms with Crippen LogP contribution in [0, 0.1) is 10.1 Å². The van der Waals surface area contributed by atoms with Crippen molar-refractivity contribution in [1.29, 1.82) is 0 Å². The van der Waals surface area contributed by atoms with E-state index in [1.165, 1.54) is 25.3 Å². The molecular weight excluding hydrogens is 492 g/mol. The van der Waals surface area contributed by atoms with E-state index in [1.807, 2.05) is 0 Å². The molecule has 1 unspecified atom stereocenters. The van der Waals surface area contributed by atoms with Crippen LogP contribution in [0.1, 0.15) is 82.8 Å². The Balaban J connectivity index is 1.96. The molecule has 1 amide bonds. The molecule has 0 aliphatic carbocycles. The second kappa shape index (κ2) is 15.0. The number of nitrogens with one attached hydrogen (secondary N) is 1. The summed E-state index contributed by atoms with van der Waals surface area (Å²) in [5.41, 5.74) is 0.312. The highest BCUT2D eigenvalue weighted by Gasteiger charge is 2.53. The van der Waals surface area contributed by atoms with Gasteiger partial charge in [-0.3, -0.25) is 19.7 Å². The Morgan fingerprint density at radius 1 is 1.12 bits per heavy atom. The number of alkyl halides is 1. The lowest BCUT2D eigenvalue weighted by Crippen LogP contribution is -2.41. The van der Waals surface area contributed by atoms with Gasteiger partial charge in [0.15, 0.2) is 0 Å². The van der Waals surface area contributed by atoms with Crippen molar-refractivity contribution in [2.75, 3.05) is 11.9 Å². The van der Waals surface area contributed by atoms with Gasteiger partial charge in [0.05, 0.1) is 10.5 Å². The number of nitro benzene ring substituents is 1. The molecule has 1 aromatic rings. The van der Waals surface area contributed by atoms with Crippen LogP contribution in [-0.4, -0.2) is 40.9 Å². The largest absolute Gasteiger partial charge is 0.449 e. The normalized spacial score (nSPS) is 17.9. The molecule has 1 fully saturated rings. The molecule has 0 aromatic heterocycles. The van der Waals surface area contributed by atoms with E-state index in [0.717, 1.165) is 37.4 Å². The zero-order valence-electron chi connectivity index (χ0n) is 19.3. The minimum absolute atomic E-state index is 0.0719. The Kier molecular flexibility index (Phi) is 12.4. The molecule has 33 heavy (non-hydrogen) atoms. The van der Waals surface area contributed by atoms with Gasteiger partial charge in [-0.15, -0.1) is 0 Å². The number of hydrogen-bond donors (Lipinski definition) is 1. The summed E-state index contributed by atoms with van der Waals surface area (Å²) in [6.45, 7) is 2.66. The fraction of sp³-hybridized carbons (Fsp3) is 0.667. The van der Waals surface area contributed by atoms with Crippen molar-refractivity contribution < 1.29 is 24.0 Å².